The Morgan fingerprint density at radius 1 is 1.47 bits per heavy atom. The van der Waals surface area contributed by atoms with E-state index >= 15 is 0 Å². The number of halogens is 2. The van der Waals surface area contributed by atoms with Crippen molar-refractivity contribution in [2.24, 2.45) is 5.92 Å². The van der Waals surface area contributed by atoms with E-state index < -0.39 is 5.97 Å². The molecule has 17 heavy (non-hydrogen) atoms. The fourth-order valence-corrected chi connectivity index (χ4v) is 2.05. The number of carbonyl (C=O) groups is 1. The molecule has 1 unspecified atom stereocenters. The summed E-state index contributed by atoms with van der Waals surface area (Å²) in [6.45, 7) is 1.74. The molecule has 1 atom stereocenters. The Morgan fingerprint density at radius 3 is 2.76 bits per heavy atom. The van der Waals surface area contributed by atoms with E-state index in [2.05, 4.69) is 0 Å². The first-order chi connectivity index (χ1) is 7.66. The molecule has 0 radical (unpaired) electrons. The molecule has 5 heteroatoms. The molecule has 94 valence electrons. The first kappa shape index (κ1) is 13.9. The summed E-state index contributed by atoms with van der Waals surface area (Å²) in [6, 6.07) is 6.62. The van der Waals surface area contributed by atoms with Crippen molar-refractivity contribution in [1.29, 1.82) is 0 Å². The molecule has 1 aliphatic rings. The summed E-state index contributed by atoms with van der Waals surface area (Å²) in [5.74, 6) is -1.27. The van der Waals surface area contributed by atoms with Gasteiger partial charge in [0.1, 0.15) is 5.82 Å². The highest BCUT2D eigenvalue weighted by Crippen LogP contribution is 2.19. The van der Waals surface area contributed by atoms with Crippen molar-refractivity contribution in [2.45, 2.75) is 13.0 Å². The van der Waals surface area contributed by atoms with Crippen LogP contribution in [0.4, 0.5) is 4.39 Å². The van der Waals surface area contributed by atoms with Crippen molar-refractivity contribution in [1.82, 2.24) is 4.90 Å². The third-order valence-corrected chi connectivity index (χ3v) is 2.97. The third-order valence-electron chi connectivity index (χ3n) is 2.97. The Balaban J connectivity index is 0.00000144. The molecule has 0 aromatic heterocycles. The third kappa shape index (κ3) is 3.41. The molecule has 0 spiro atoms. The van der Waals surface area contributed by atoms with Crippen LogP contribution in [-0.4, -0.2) is 29.1 Å². The highest BCUT2D eigenvalue weighted by Gasteiger charge is 2.28. The van der Waals surface area contributed by atoms with Crippen LogP contribution >= 0.6 is 12.4 Å². The lowest BCUT2D eigenvalue weighted by atomic mass is 10.1. The molecule has 0 bridgehead atoms. The van der Waals surface area contributed by atoms with Gasteiger partial charge in [-0.15, -0.1) is 12.4 Å². The normalized spacial score (nSPS) is 19.9. The van der Waals surface area contributed by atoms with Gasteiger partial charge in [0, 0.05) is 18.7 Å². The average molecular weight is 260 g/mol. The van der Waals surface area contributed by atoms with Crippen LogP contribution in [0.5, 0.6) is 0 Å². The fraction of sp³-hybridized carbons (Fsp3) is 0.417. The zero-order valence-corrected chi connectivity index (χ0v) is 10.1. The monoisotopic (exact) mass is 259 g/mol. The molecule has 1 aliphatic heterocycles. The van der Waals surface area contributed by atoms with Crippen molar-refractivity contribution < 1.29 is 14.3 Å². The summed E-state index contributed by atoms with van der Waals surface area (Å²) in [6.07, 6.45) is 0.657. The van der Waals surface area contributed by atoms with Crippen molar-refractivity contribution in [3.05, 3.63) is 35.6 Å². The summed E-state index contributed by atoms with van der Waals surface area (Å²) in [5.41, 5.74) is 0.633. The minimum absolute atomic E-state index is 0. The van der Waals surface area contributed by atoms with Crippen LogP contribution in [0.2, 0.25) is 0 Å². The Bertz CT molecular complexity index is 400. The van der Waals surface area contributed by atoms with E-state index in [1.54, 1.807) is 18.2 Å². The van der Waals surface area contributed by atoms with Crippen LogP contribution in [0.15, 0.2) is 24.3 Å². The van der Waals surface area contributed by atoms with Gasteiger partial charge in [0.25, 0.3) is 0 Å². The second-order valence-corrected chi connectivity index (χ2v) is 4.15. The van der Waals surface area contributed by atoms with Crippen LogP contribution in [0.1, 0.15) is 12.0 Å². The minimum Gasteiger partial charge on any atom is -0.481 e. The smallest absolute Gasteiger partial charge is 0.307 e. The predicted octanol–water partition coefficient (Wildman–Crippen LogP) is 2.15. The van der Waals surface area contributed by atoms with E-state index in [0.717, 1.165) is 6.54 Å². The van der Waals surface area contributed by atoms with Crippen LogP contribution in [-0.2, 0) is 11.3 Å². The summed E-state index contributed by atoms with van der Waals surface area (Å²) < 4.78 is 13.4. The molecule has 1 fully saturated rings. The molecule has 0 aliphatic carbocycles. The maximum absolute atomic E-state index is 13.4. The molecule has 0 saturated carbocycles. The van der Waals surface area contributed by atoms with E-state index in [1.807, 2.05) is 4.90 Å². The molecular weight excluding hydrogens is 245 g/mol. The van der Waals surface area contributed by atoms with Gasteiger partial charge in [0.05, 0.1) is 5.92 Å². The quantitative estimate of drug-likeness (QED) is 0.904. The van der Waals surface area contributed by atoms with Crippen LogP contribution in [0.3, 0.4) is 0 Å². The summed E-state index contributed by atoms with van der Waals surface area (Å²) in [4.78, 5) is 12.7. The Hall–Kier alpha value is -1.13. The van der Waals surface area contributed by atoms with Crippen molar-refractivity contribution in [3.63, 3.8) is 0 Å². The molecule has 1 aromatic rings. The van der Waals surface area contributed by atoms with Gasteiger partial charge >= 0.3 is 5.97 Å². The lowest BCUT2D eigenvalue weighted by Gasteiger charge is -2.15. The van der Waals surface area contributed by atoms with E-state index in [9.17, 15) is 9.18 Å². The number of hydrogen-bond donors (Lipinski definition) is 1. The molecule has 0 amide bonds. The standard InChI is InChI=1S/C12H14FNO2.ClH/c13-11-4-2-1-3-9(11)7-14-6-5-10(8-14)12(15)16;/h1-4,10H,5-8H2,(H,15,16);1H. The van der Waals surface area contributed by atoms with Gasteiger partial charge in [-0.05, 0) is 19.0 Å². The van der Waals surface area contributed by atoms with Crippen LogP contribution in [0, 0.1) is 11.7 Å². The highest BCUT2D eigenvalue weighted by atomic mass is 35.5. The number of hydrogen-bond acceptors (Lipinski definition) is 2. The van der Waals surface area contributed by atoms with E-state index in [0.29, 0.717) is 25.1 Å². The van der Waals surface area contributed by atoms with Crippen molar-refractivity contribution >= 4 is 18.4 Å². The fourth-order valence-electron chi connectivity index (χ4n) is 2.05. The Labute approximate surface area is 106 Å². The second-order valence-electron chi connectivity index (χ2n) is 4.15. The molecule has 1 heterocycles. The maximum Gasteiger partial charge on any atom is 0.307 e. The predicted molar refractivity (Wildman–Crippen MR) is 64.7 cm³/mol. The highest BCUT2D eigenvalue weighted by molar-refractivity contribution is 5.85. The number of carboxylic acid groups (broad SMARTS) is 1. The molecule has 2 rings (SSSR count). The molecule has 1 saturated heterocycles. The topological polar surface area (TPSA) is 40.5 Å². The van der Waals surface area contributed by atoms with E-state index in [-0.39, 0.29) is 24.1 Å². The van der Waals surface area contributed by atoms with Crippen LogP contribution < -0.4 is 0 Å². The average Bonchev–Trinajstić information content (AvgIpc) is 2.70. The number of likely N-dealkylation sites (tertiary alicyclic amines) is 1. The number of benzene rings is 1. The lowest BCUT2D eigenvalue weighted by Crippen LogP contribution is -2.23. The van der Waals surface area contributed by atoms with Gasteiger partial charge in [-0.3, -0.25) is 9.69 Å². The maximum atomic E-state index is 13.4. The summed E-state index contributed by atoms with van der Waals surface area (Å²) in [7, 11) is 0. The Kier molecular flexibility index (Phi) is 4.90. The van der Waals surface area contributed by atoms with E-state index in [4.69, 9.17) is 5.11 Å². The number of aliphatic carboxylic acids is 1. The van der Waals surface area contributed by atoms with Gasteiger partial charge in [-0.1, -0.05) is 18.2 Å². The first-order valence-corrected chi connectivity index (χ1v) is 5.35. The lowest BCUT2D eigenvalue weighted by molar-refractivity contribution is -0.141. The summed E-state index contributed by atoms with van der Waals surface area (Å²) in [5, 5.41) is 8.85. The van der Waals surface area contributed by atoms with Crippen molar-refractivity contribution in [3.8, 4) is 0 Å². The largest absolute Gasteiger partial charge is 0.481 e. The zero-order valence-electron chi connectivity index (χ0n) is 9.30. The molecule has 1 N–H and O–H groups in total. The number of carboxylic acids is 1. The van der Waals surface area contributed by atoms with Gasteiger partial charge in [0.15, 0.2) is 0 Å². The van der Waals surface area contributed by atoms with Crippen LogP contribution in [0.25, 0.3) is 0 Å². The van der Waals surface area contributed by atoms with Gasteiger partial charge in [0.2, 0.25) is 0 Å². The van der Waals surface area contributed by atoms with Gasteiger partial charge < -0.3 is 5.11 Å². The zero-order chi connectivity index (χ0) is 11.5. The number of rotatable bonds is 3. The van der Waals surface area contributed by atoms with Gasteiger partial charge in [-0.25, -0.2) is 4.39 Å². The van der Waals surface area contributed by atoms with E-state index in [1.165, 1.54) is 6.07 Å². The molecule has 3 nitrogen and oxygen atoms in total. The molecule has 1 aromatic carbocycles. The first-order valence-electron chi connectivity index (χ1n) is 5.35. The van der Waals surface area contributed by atoms with Crippen molar-refractivity contribution in [2.75, 3.05) is 13.1 Å². The molecular formula is C12H15ClFNO2. The Morgan fingerprint density at radius 2 is 2.18 bits per heavy atom. The summed E-state index contributed by atoms with van der Waals surface area (Å²) >= 11 is 0. The van der Waals surface area contributed by atoms with Gasteiger partial charge in [-0.2, -0.15) is 0 Å². The minimum atomic E-state index is -0.754. The SMILES string of the molecule is Cl.O=C(O)C1CCN(Cc2ccccc2F)C1. The second kappa shape index (κ2) is 5.98. The number of nitrogens with zero attached hydrogens (tertiary/aromatic N) is 1.